The Bertz CT molecular complexity index is 650. The number of hydrogen-bond acceptors (Lipinski definition) is 4. The molecular weight excluding hydrogens is 290 g/mol. The van der Waals surface area contributed by atoms with E-state index in [1.165, 1.54) is 6.39 Å². The number of nitrogens with zero attached hydrogens (tertiary/aromatic N) is 2. The second-order valence-corrected chi connectivity index (χ2v) is 5.61. The molecule has 1 aromatic carbocycles. The van der Waals surface area contributed by atoms with Gasteiger partial charge in [-0.2, -0.15) is 0 Å². The fraction of sp³-hybridized carbons (Fsp3) is 0.333. The predicted molar refractivity (Wildman–Crippen MR) is 84.3 cm³/mol. The van der Waals surface area contributed by atoms with E-state index in [-0.39, 0.29) is 11.8 Å². The third-order valence-electron chi connectivity index (χ3n) is 3.02. The van der Waals surface area contributed by atoms with Crippen molar-refractivity contribution in [2.24, 2.45) is 0 Å². The highest BCUT2D eigenvalue weighted by Gasteiger charge is 2.20. The molecule has 1 amide bonds. The summed E-state index contributed by atoms with van der Waals surface area (Å²) in [6, 6.07) is 5.37. The molecule has 0 aliphatic heterocycles. The molecule has 1 aromatic heterocycles. The number of aromatic nitrogens is 1. The van der Waals surface area contributed by atoms with Gasteiger partial charge in [0.15, 0.2) is 12.1 Å². The zero-order valence-electron chi connectivity index (χ0n) is 12.5. The largest absolute Gasteiger partial charge is 0.447 e. The molecule has 1 N–H and O–H groups in total. The Kier molecular flexibility index (Phi) is 4.53. The quantitative estimate of drug-likeness (QED) is 0.934. The number of amides is 1. The van der Waals surface area contributed by atoms with E-state index in [2.05, 4.69) is 10.3 Å². The first kappa shape index (κ1) is 15.4. The van der Waals surface area contributed by atoms with E-state index < -0.39 is 0 Å². The molecule has 0 saturated heterocycles. The van der Waals surface area contributed by atoms with E-state index in [9.17, 15) is 4.79 Å². The van der Waals surface area contributed by atoms with Crippen molar-refractivity contribution in [3.63, 3.8) is 0 Å². The van der Waals surface area contributed by atoms with E-state index in [4.69, 9.17) is 16.0 Å². The molecule has 5 nitrogen and oxygen atoms in total. The summed E-state index contributed by atoms with van der Waals surface area (Å²) in [4.78, 5) is 18.2. The molecule has 2 rings (SSSR count). The van der Waals surface area contributed by atoms with Crippen molar-refractivity contribution in [1.29, 1.82) is 0 Å². The summed E-state index contributed by atoms with van der Waals surface area (Å²) < 4.78 is 5.28. The SMILES string of the molecule is CC(C)c1ocnc1C(=O)Nc1cccc(Cl)c1N(C)C. The van der Waals surface area contributed by atoms with Crippen LogP contribution in [0.3, 0.4) is 0 Å². The smallest absolute Gasteiger partial charge is 0.277 e. The fourth-order valence-corrected chi connectivity index (χ4v) is 2.43. The van der Waals surface area contributed by atoms with Crippen molar-refractivity contribution in [3.8, 4) is 0 Å². The van der Waals surface area contributed by atoms with Crippen LogP contribution in [-0.2, 0) is 0 Å². The lowest BCUT2D eigenvalue weighted by Crippen LogP contribution is -2.18. The number of oxazole rings is 1. The molecule has 0 fully saturated rings. The summed E-state index contributed by atoms with van der Waals surface area (Å²) in [6.07, 6.45) is 1.29. The maximum Gasteiger partial charge on any atom is 0.277 e. The van der Waals surface area contributed by atoms with E-state index in [1.807, 2.05) is 32.8 Å². The van der Waals surface area contributed by atoms with Gasteiger partial charge in [0.05, 0.1) is 16.4 Å². The zero-order chi connectivity index (χ0) is 15.6. The van der Waals surface area contributed by atoms with Crippen molar-refractivity contribution in [2.45, 2.75) is 19.8 Å². The Balaban J connectivity index is 2.32. The van der Waals surface area contributed by atoms with Crippen LogP contribution < -0.4 is 10.2 Å². The molecule has 6 heteroatoms. The van der Waals surface area contributed by atoms with E-state index in [1.54, 1.807) is 18.2 Å². The van der Waals surface area contributed by atoms with Crippen molar-refractivity contribution in [2.75, 3.05) is 24.3 Å². The third-order valence-corrected chi connectivity index (χ3v) is 3.32. The maximum absolute atomic E-state index is 12.4. The minimum absolute atomic E-state index is 0.0842. The molecule has 0 unspecified atom stereocenters. The summed E-state index contributed by atoms with van der Waals surface area (Å²) in [5, 5.41) is 3.41. The first-order chi connectivity index (χ1) is 9.91. The van der Waals surface area contributed by atoms with Crippen LogP contribution in [0, 0.1) is 0 Å². The van der Waals surface area contributed by atoms with Gasteiger partial charge in [-0.15, -0.1) is 0 Å². The number of anilines is 2. The van der Waals surface area contributed by atoms with E-state index in [0.717, 1.165) is 5.69 Å². The second kappa shape index (κ2) is 6.18. The Morgan fingerprint density at radius 3 is 2.71 bits per heavy atom. The van der Waals surface area contributed by atoms with Crippen LogP contribution in [0.4, 0.5) is 11.4 Å². The van der Waals surface area contributed by atoms with Gasteiger partial charge in [-0.25, -0.2) is 4.98 Å². The van der Waals surface area contributed by atoms with Gasteiger partial charge in [-0.3, -0.25) is 4.79 Å². The number of para-hydroxylation sites is 1. The maximum atomic E-state index is 12.4. The summed E-state index contributed by atoms with van der Waals surface area (Å²) in [5.74, 6) is 0.347. The normalized spacial score (nSPS) is 10.8. The second-order valence-electron chi connectivity index (χ2n) is 5.20. The van der Waals surface area contributed by atoms with Gasteiger partial charge in [-0.05, 0) is 12.1 Å². The van der Waals surface area contributed by atoms with Crippen molar-refractivity contribution in [3.05, 3.63) is 41.1 Å². The molecule has 0 atom stereocenters. The number of halogens is 1. The minimum atomic E-state index is -0.308. The lowest BCUT2D eigenvalue weighted by Gasteiger charge is -2.19. The standard InChI is InChI=1S/C15H18ClN3O2/c1-9(2)14-12(17-8-21-14)15(20)18-11-7-5-6-10(16)13(11)19(3)4/h5-9H,1-4H3,(H,18,20). The fourth-order valence-electron chi connectivity index (χ4n) is 2.09. The molecule has 0 bridgehead atoms. The van der Waals surface area contributed by atoms with Gasteiger partial charge >= 0.3 is 0 Å². The van der Waals surface area contributed by atoms with Gasteiger partial charge in [0.25, 0.3) is 5.91 Å². The Labute approximate surface area is 128 Å². The summed E-state index contributed by atoms with van der Waals surface area (Å²) in [5.41, 5.74) is 1.69. The molecule has 2 aromatic rings. The molecule has 0 aliphatic carbocycles. The lowest BCUT2D eigenvalue weighted by atomic mass is 10.1. The zero-order valence-corrected chi connectivity index (χ0v) is 13.2. The first-order valence-electron chi connectivity index (χ1n) is 6.62. The summed E-state index contributed by atoms with van der Waals surface area (Å²) >= 11 is 6.19. The van der Waals surface area contributed by atoms with E-state index >= 15 is 0 Å². The van der Waals surface area contributed by atoms with Crippen LogP contribution in [0.1, 0.15) is 36.0 Å². The minimum Gasteiger partial charge on any atom is -0.447 e. The molecule has 0 aliphatic rings. The van der Waals surface area contributed by atoms with Crippen LogP contribution in [0.15, 0.2) is 29.0 Å². The van der Waals surface area contributed by atoms with Crippen LogP contribution in [0.5, 0.6) is 0 Å². The Morgan fingerprint density at radius 2 is 2.10 bits per heavy atom. The number of carbonyl (C=O) groups is 1. The Morgan fingerprint density at radius 1 is 1.38 bits per heavy atom. The van der Waals surface area contributed by atoms with Crippen molar-refractivity contribution >= 4 is 28.9 Å². The van der Waals surface area contributed by atoms with Crippen LogP contribution in [0.2, 0.25) is 5.02 Å². The molecule has 0 spiro atoms. The molecule has 112 valence electrons. The van der Waals surface area contributed by atoms with E-state index in [0.29, 0.717) is 22.2 Å². The first-order valence-corrected chi connectivity index (χ1v) is 7.00. The molecule has 0 saturated carbocycles. The molecule has 0 radical (unpaired) electrons. The number of rotatable bonds is 4. The lowest BCUT2D eigenvalue weighted by molar-refractivity contribution is 0.102. The summed E-state index contributed by atoms with van der Waals surface area (Å²) in [6.45, 7) is 3.89. The summed E-state index contributed by atoms with van der Waals surface area (Å²) in [7, 11) is 3.74. The van der Waals surface area contributed by atoms with Gasteiger partial charge in [0.1, 0.15) is 5.76 Å². The van der Waals surface area contributed by atoms with Gasteiger partial charge in [-0.1, -0.05) is 31.5 Å². The monoisotopic (exact) mass is 307 g/mol. The number of hydrogen-bond donors (Lipinski definition) is 1. The average Bonchev–Trinajstić information content (AvgIpc) is 2.87. The van der Waals surface area contributed by atoms with Gasteiger partial charge in [0.2, 0.25) is 0 Å². The highest BCUT2D eigenvalue weighted by Crippen LogP contribution is 2.33. The molecular formula is C15H18ClN3O2. The van der Waals surface area contributed by atoms with Crippen LogP contribution in [0.25, 0.3) is 0 Å². The highest BCUT2D eigenvalue weighted by molar-refractivity contribution is 6.34. The van der Waals surface area contributed by atoms with Crippen molar-refractivity contribution in [1.82, 2.24) is 4.98 Å². The van der Waals surface area contributed by atoms with Gasteiger partial charge < -0.3 is 14.6 Å². The van der Waals surface area contributed by atoms with Gasteiger partial charge in [0, 0.05) is 20.0 Å². The van der Waals surface area contributed by atoms with Crippen LogP contribution >= 0.6 is 11.6 Å². The van der Waals surface area contributed by atoms with Crippen LogP contribution in [-0.4, -0.2) is 25.0 Å². The highest BCUT2D eigenvalue weighted by atomic mass is 35.5. The van der Waals surface area contributed by atoms with Crippen molar-refractivity contribution < 1.29 is 9.21 Å². The number of benzene rings is 1. The molecule has 1 heterocycles. The third kappa shape index (κ3) is 3.19. The predicted octanol–water partition coefficient (Wildman–Crippen LogP) is 3.77. The average molecular weight is 308 g/mol. The topological polar surface area (TPSA) is 58.4 Å². The number of carbonyl (C=O) groups excluding carboxylic acids is 1. The number of nitrogens with one attached hydrogen (secondary N) is 1. The Hall–Kier alpha value is -2.01. The molecule has 21 heavy (non-hydrogen) atoms.